The van der Waals surface area contributed by atoms with Gasteiger partial charge in [0.15, 0.2) is 11.5 Å². The molecule has 0 saturated heterocycles. The molecule has 0 fully saturated rings. The van der Waals surface area contributed by atoms with Crippen molar-refractivity contribution >= 4 is 23.3 Å². The summed E-state index contributed by atoms with van der Waals surface area (Å²) in [4.78, 5) is 14.2. The highest BCUT2D eigenvalue weighted by molar-refractivity contribution is 7.07. The first-order valence-electron chi connectivity index (χ1n) is 8.76. The molecule has 2 rings (SSSR count). The van der Waals surface area contributed by atoms with Gasteiger partial charge in [0.1, 0.15) is 0 Å². The van der Waals surface area contributed by atoms with Gasteiger partial charge in [0, 0.05) is 12.6 Å². The number of nitrogens with zero attached hydrogens (tertiary/aromatic N) is 1. The van der Waals surface area contributed by atoms with Gasteiger partial charge in [0.05, 0.1) is 12.6 Å². The van der Waals surface area contributed by atoms with Crippen LogP contribution in [0.25, 0.3) is 6.08 Å². The number of alkyl halides is 2. The molecular formula is C20H24F2N2O3S. The Hall–Kier alpha value is -2.45. The van der Waals surface area contributed by atoms with Gasteiger partial charge in [-0.15, -0.1) is 0 Å². The van der Waals surface area contributed by atoms with Gasteiger partial charge >= 0.3 is 6.61 Å². The smallest absolute Gasteiger partial charge is 0.387 e. The topological polar surface area (TPSA) is 50.8 Å². The molecule has 5 nitrogen and oxygen atoms in total. The van der Waals surface area contributed by atoms with Crippen LogP contribution in [-0.4, -0.2) is 44.7 Å². The predicted molar refractivity (Wildman–Crippen MR) is 107 cm³/mol. The standard InChI is InChI=1S/C20H24F2N2O3S/c1-4-26-18-11-14(5-7-17(18)27-20(21)22)6-8-19(25)23-12-16(24(2)3)15-9-10-28-13-15/h5-11,13,16,20H,4,12H2,1-3H3,(H,23,25)/b8-6+. The van der Waals surface area contributed by atoms with E-state index in [0.29, 0.717) is 18.7 Å². The molecule has 0 bridgehead atoms. The van der Waals surface area contributed by atoms with Crippen molar-refractivity contribution in [2.45, 2.75) is 19.6 Å². The largest absolute Gasteiger partial charge is 0.490 e. The molecular weight excluding hydrogens is 386 g/mol. The van der Waals surface area contributed by atoms with Crippen LogP contribution in [-0.2, 0) is 4.79 Å². The van der Waals surface area contributed by atoms with E-state index < -0.39 is 6.61 Å². The highest BCUT2D eigenvalue weighted by Crippen LogP contribution is 2.30. The van der Waals surface area contributed by atoms with Crippen LogP contribution in [0.15, 0.2) is 41.1 Å². The van der Waals surface area contributed by atoms with Crippen LogP contribution in [0.1, 0.15) is 24.1 Å². The molecule has 1 aromatic carbocycles. The van der Waals surface area contributed by atoms with Gasteiger partial charge in [0.25, 0.3) is 0 Å². The van der Waals surface area contributed by atoms with E-state index in [4.69, 9.17) is 4.74 Å². The van der Waals surface area contributed by atoms with Crippen molar-refractivity contribution in [1.29, 1.82) is 0 Å². The maximum Gasteiger partial charge on any atom is 0.387 e. The van der Waals surface area contributed by atoms with Crippen molar-refractivity contribution in [3.63, 3.8) is 0 Å². The number of carbonyl (C=O) groups excluding carboxylic acids is 1. The van der Waals surface area contributed by atoms with Crippen molar-refractivity contribution in [3.05, 3.63) is 52.2 Å². The molecule has 0 aliphatic rings. The molecule has 1 N–H and O–H groups in total. The first-order chi connectivity index (χ1) is 13.4. The number of likely N-dealkylation sites (N-methyl/N-ethyl adjacent to an activating group) is 1. The Morgan fingerprint density at radius 1 is 1.29 bits per heavy atom. The molecule has 28 heavy (non-hydrogen) atoms. The molecule has 1 atom stereocenters. The number of thiophene rings is 1. The molecule has 0 aliphatic carbocycles. The Balaban J connectivity index is 2.00. The fourth-order valence-corrected chi connectivity index (χ4v) is 3.29. The van der Waals surface area contributed by atoms with E-state index in [9.17, 15) is 13.6 Å². The van der Waals surface area contributed by atoms with Gasteiger partial charge in [-0.25, -0.2) is 0 Å². The summed E-state index contributed by atoms with van der Waals surface area (Å²) in [5.74, 6) is -0.0773. The normalized spacial score (nSPS) is 12.5. The Morgan fingerprint density at radius 3 is 2.68 bits per heavy atom. The number of halogens is 2. The number of amides is 1. The Kier molecular flexibility index (Phi) is 8.41. The van der Waals surface area contributed by atoms with Crippen LogP contribution in [0.5, 0.6) is 11.5 Å². The second kappa shape index (κ2) is 10.8. The Bertz CT molecular complexity index is 780. The maximum absolute atomic E-state index is 12.5. The molecule has 152 valence electrons. The van der Waals surface area contributed by atoms with E-state index in [2.05, 4.69) is 15.4 Å². The summed E-state index contributed by atoms with van der Waals surface area (Å²) in [6.07, 6.45) is 3.00. The third kappa shape index (κ3) is 6.61. The lowest BCUT2D eigenvalue weighted by Gasteiger charge is -2.23. The third-order valence-electron chi connectivity index (χ3n) is 3.93. The van der Waals surface area contributed by atoms with Crippen molar-refractivity contribution in [2.75, 3.05) is 27.2 Å². The molecule has 1 heterocycles. The molecule has 1 unspecified atom stereocenters. The van der Waals surface area contributed by atoms with Crippen LogP contribution in [0.2, 0.25) is 0 Å². The summed E-state index contributed by atoms with van der Waals surface area (Å²) in [5, 5.41) is 6.95. The average Bonchev–Trinajstić information content (AvgIpc) is 3.16. The van der Waals surface area contributed by atoms with Gasteiger partial charge < -0.3 is 19.7 Å². The van der Waals surface area contributed by atoms with E-state index in [1.165, 1.54) is 12.1 Å². The van der Waals surface area contributed by atoms with Crippen LogP contribution in [0.4, 0.5) is 8.78 Å². The summed E-state index contributed by atoms with van der Waals surface area (Å²) < 4.78 is 34.7. The summed E-state index contributed by atoms with van der Waals surface area (Å²) in [7, 11) is 3.92. The van der Waals surface area contributed by atoms with Crippen molar-refractivity contribution in [3.8, 4) is 11.5 Å². The SMILES string of the molecule is CCOc1cc(/C=C/C(=O)NCC(c2ccsc2)N(C)C)ccc1OC(F)F. The maximum atomic E-state index is 12.5. The van der Waals surface area contributed by atoms with Crippen molar-refractivity contribution in [1.82, 2.24) is 10.2 Å². The highest BCUT2D eigenvalue weighted by Gasteiger charge is 2.15. The van der Waals surface area contributed by atoms with Gasteiger partial charge in [-0.3, -0.25) is 4.79 Å². The zero-order valence-electron chi connectivity index (χ0n) is 16.0. The number of rotatable bonds is 10. The fourth-order valence-electron chi connectivity index (χ4n) is 2.58. The molecule has 1 aromatic heterocycles. The number of carbonyl (C=O) groups is 1. The van der Waals surface area contributed by atoms with E-state index in [-0.39, 0.29) is 23.4 Å². The lowest BCUT2D eigenvalue weighted by Crippen LogP contribution is -2.33. The molecule has 2 aromatic rings. The van der Waals surface area contributed by atoms with Gasteiger partial charge in [-0.2, -0.15) is 20.1 Å². The van der Waals surface area contributed by atoms with E-state index in [0.717, 1.165) is 5.56 Å². The van der Waals surface area contributed by atoms with Gasteiger partial charge in [-0.05, 0) is 67.2 Å². The molecule has 1 amide bonds. The van der Waals surface area contributed by atoms with Crippen molar-refractivity contribution < 1.29 is 23.0 Å². The summed E-state index contributed by atoms with van der Waals surface area (Å²) in [5.41, 5.74) is 1.79. The first-order valence-corrected chi connectivity index (χ1v) is 9.71. The lowest BCUT2D eigenvalue weighted by molar-refractivity contribution is -0.116. The zero-order valence-corrected chi connectivity index (χ0v) is 16.8. The summed E-state index contributed by atoms with van der Waals surface area (Å²) in [6.45, 7) is -0.407. The highest BCUT2D eigenvalue weighted by atomic mass is 32.1. The molecule has 0 radical (unpaired) electrons. The van der Waals surface area contributed by atoms with Gasteiger partial charge in [0.2, 0.25) is 5.91 Å². The number of nitrogens with one attached hydrogen (secondary N) is 1. The minimum Gasteiger partial charge on any atom is -0.490 e. The average molecular weight is 410 g/mol. The lowest BCUT2D eigenvalue weighted by atomic mass is 10.1. The molecule has 0 spiro atoms. The van der Waals surface area contributed by atoms with Crippen LogP contribution in [0, 0.1) is 0 Å². The van der Waals surface area contributed by atoms with Crippen molar-refractivity contribution in [2.24, 2.45) is 0 Å². The quantitative estimate of drug-likeness (QED) is 0.597. The first kappa shape index (κ1) is 21.8. The second-order valence-electron chi connectivity index (χ2n) is 6.13. The van der Waals surface area contributed by atoms with E-state index in [1.807, 2.05) is 30.4 Å². The second-order valence-corrected chi connectivity index (χ2v) is 6.91. The minimum absolute atomic E-state index is 0.0389. The molecule has 0 aliphatic heterocycles. The van der Waals surface area contributed by atoms with Gasteiger partial charge in [-0.1, -0.05) is 6.07 Å². The molecule has 0 saturated carbocycles. The number of benzene rings is 1. The monoisotopic (exact) mass is 410 g/mol. The van der Waals surface area contributed by atoms with Crippen LogP contribution < -0.4 is 14.8 Å². The van der Waals surface area contributed by atoms with Crippen LogP contribution in [0.3, 0.4) is 0 Å². The van der Waals surface area contributed by atoms with E-state index >= 15 is 0 Å². The Labute approximate surface area is 167 Å². The molecule has 8 heteroatoms. The Morgan fingerprint density at radius 2 is 2.07 bits per heavy atom. The van der Waals surface area contributed by atoms with E-state index in [1.54, 1.807) is 36.5 Å². The third-order valence-corrected chi connectivity index (χ3v) is 4.63. The summed E-state index contributed by atoms with van der Waals surface area (Å²) >= 11 is 1.61. The van der Waals surface area contributed by atoms with Crippen LogP contribution >= 0.6 is 11.3 Å². The number of hydrogen-bond acceptors (Lipinski definition) is 5. The summed E-state index contributed by atoms with van der Waals surface area (Å²) in [6, 6.07) is 6.65. The minimum atomic E-state index is -2.93. The fraction of sp³-hybridized carbons (Fsp3) is 0.350. The number of hydrogen-bond donors (Lipinski definition) is 1. The predicted octanol–water partition coefficient (Wildman–Crippen LogP) is 4.18. The zero-order chi connectivity index (χ0) is 20.5. The number of ether oxygens (including phenoxy) is 2.